The van der Waals surface area contributed by atoms with E-state index in [1.54, 1.807) is 22.8 Å². The number of aliphatic imine (C=N–C) groups is 1. The van der Waals surface area contributed by atoms with E-state index in [1.165, 1.54) is 0 Å². The van der Waals surface area contributed by atoms with E-state index in [2.05, 4.69) is 15.2 Å². The zero-order valence-corrected chi connectivity index (χ0v) is 18.6. The Morgan fingerprint density at radius 3 is 2.70 bits per heavy atom. The number of benzene rings is 2. The third-order valence-corrected chi connectivity index (χ3v) is 5.80. The Morgan fingerprint density at radius 1 is 1.23 bits per heavy atom. The largest absolute Gasteiger partial charge is 0.327 e. The number of aromatic amines is 1. The molecule has 1 saturated heterocycles. The molecule has 1 fully saturated rings. The molecule has 0 spiro atoms. The molecular formula is C21H19Cl2N5OS. The predicted molar refractivity (Wildman–Crippen MR) is 123 cm³/mol. The van der Waals surface area contributed by atoms with E-state index in [4.69, 9.17) is 35.4 Å². The number of nitrogens with one attached hydrogen (secondary N) is 1. The van der Waals surface area contributed by atoms with E-state index in [1.807, 2.05) is 36.1 Å². The van der Waals surface area contributed by atoms with Gasteiger partial charge >= 0.3 is 0 Å². The summed E-state index contributed by atoms with van der Waals surface area (Å²) in [6, 6.07) is 13.2. The number of H-pyrrole nitrogens is 1. The molecule has 0 unspecified atom stereocenters. The van der Waals surface area contributed by atoms with E-state index in [-0.39, 0.29) is 12.5 Å². The van der Waals surface area contributed by atoms with Gasteiger partial charge in [0.1, 0.15) is 12.4 Å². The second-order valence-corrected chi connectivity index (χ2v) is 8.26. The van der Waals surface area contributed by atoms with Crippen LogP contribution in [0.3, 0.4) is 0 Å². The van der Waals surface area contributed by atoms with Crippen LogP contribution in [0.25, 0.3) is 11.4 Å². The minimum Gasteiger partial charge on any atom is -0.327 e. The summed E-state index contributed by atoms with van der Waals surface area (Å²) in [5.74, 6) is 0.947. The summed E-state index contributed by atoms with van der Waals surface area (Å²) in [6.45, 7) is 2.70. The number of hydrogen-bond donors (Lipinski definition) is 1. The Kier molecular flexibility index (Phi) is 6.04. The topological polar surface area (TPSA) is 66.3 Å². The summed E-state index contributed by atoms with van der Waals surface area (Å²) < 4.78 is 2.04. The van der Waals surface area contributed by atoms with Gasteiger partial charge in [-0.15, -0.1) is 0 Å². The van der Waals surface area contributed by atoms with Crippen LogP contribution >= 0.6 is 35.4 Å². The van der Waals surface area contributed by atoms with Crippen LogP contribution in [0, 0.1) is 11.7 Å². The number of aryl methyl sites for hydroxylation is 1. The van der Waals surface area contributed by atoms with Gasteiger partial charge in [0.15, 0.2) is 10.6 Å². The van der Waals surface area contributed by atoms with Gasteiger partial charge in [0.05, 0.1) is 15.7 Å². The van der Waals surface area contributed by atoms with Crippen molar-refractivity contribution in [3.8, 4) is 11.4 Å². The first-order valence-corrected chi connectivity index (χ1v) is 10.6. The number of carbonyl (C=O) groups is 1. The Bertz CT molecular complexity index is 1180. The van der Waals surface area contributed by atoms with Crippen LogP contribution in [0.2, 0.25) is 10.0 Å². The zero-order chi connectivity index (χ0) is 21.3. The third kappa shape index (κ3) is 4.19. The summed E-state index contributed by atoms with van der Waals surface area (Å²) in [4.78, 5) is 19.1. The van der Waals surface area contributed by atoms with Gasteiger partial charge in [0.25, 0.3) is 5.91 Å². The van der Waals surface area contributed by atoms with Gasteiger partial charge in [-0.1, -0.05) is 53.0 Å². The molecule has 1 aliphatic rings. The maximum Gasteiger partial charge on any atom is 0.267 e. The predicted octanol–water partition coefficient (Wildman–Crippen LogP) is 5.45. The molecule has 0 aliphatic carbocycles. The Labute approximate surface area is 189 Å². The quantitative estimate of drug-likeness (QED) is 0.526. The molecule has 0 atom stereocenters. The van der Waals surface area contributed by atoms with Crippen LogP contribution < -0.4 is 4.90 Å². The van der Waals surface area contributed by atoms with Gasteiger partial charge in [0, 0.05) is 18.5 Å². The van der Waals surface area contributed by atoms with Crippen molar-refractivity contribution in [3.05, 3.63) is 62.8 Å². The number of amides is 1. The lowest BCUT2D eigenvalue weighted by atomic mass is 10.1. The standard InChI is InChI=1S/C21H19Cl2N5OS/c1-13-5-2-6-14(11-13)20-25-26-21(30)28(20)12-18(29)24-17-9-4-10-27(17)19-15(22)7-3-8-16(19)23/h2-3,5-8,11H,4,9-10,12H2,1H3,(H,26,30). The Balaban J connectivity index is 1.62. The first kappa shape index (κ1) is 20.8. The molecule has 0 radical (unpaired) electrons. The van der Waals surface area contributed by atoms with Crippen LogP contribution in [0.4, 0.5) is 5.69 Å². The number of hydrogen-bond acceptors (Lipinski definition) is 3. The molecule has 1 aromatic heterocycles. The number of amidine groups is 1. The maximum absolute atomic E-state index is 12.8. The van der Waals surface area contributed by atoms with Gasteiger partial charge in [0.2, 0.25) is 0 Å². The minimum atomic E-state index is -0.313. The fourth-order valence-corrected chi connectivity index (χ4v) is 4.34. The van der Waals surface area contributed by atoms with Gasteiger partial charge < -0.3 is 4.90 Å². The Morgan fingerprint density at radius 2 is 1.97 bits per heavy atom. The van der Waals surface area contributed by atoms with Gasteiger partial charge in [-0.2, -0.15) is 10.1 Å². The van der Waals surface area contributed by atoms with Gasteiger partial charge in [-0.25, -0.2) is 0 Å². The fraction of sp³-hybridized carbons (Fsp3) is 0.238. The lowest BCUT2D eigenvalue weighted by Crippen LogP contribution is -2.26. The van der Waals surface area contributed by atoms with Crippen molar-refractivity contribution in [2.45, 2.75) is 26.3 Å². The molecule has 2 aromatic carbocycles. The molecule has 6 nitrogen and oxygen atoms in total. The molecule has 30 heavy (non-hydrogen) atoms. The highest BCUT2D eigenvalue weighted by Crippen LogP contribution is 2.36. The normalized spacial score (nSPS) is 15.2. The molecular weight excluding hydrogens is 441 g/mol. The van der Waals surface area contributed by atoms with Crippen molar-refractivity contribution < 1.29 is 4.79 Å². The van der Waals surface area contributed by atoms with Crippen LogP contribution in [-0.2, 0) is 11.3 Å². The van der Waals surface area contributed by atoms with Crippen molar-refractivity contribution in [1.29, 1.82) is 0 Å². The first-order valence-electron chi connectivity index (χ1n) is 9.48. The van der Waals surface area contributed by atoms with Crippen LogP contribution in [-0.4, -0.2) is 33.1 Å². The monoisotopic (exact) mass is 459 g/mol. The van der Waals surface area contributed by atoms with E-state index in [9.17, 15) is 4.79 Å². The second-order valence-electron chi connectivity index (χ2n) is 7.06. The summed E-state index contributed by atoms with van der Waals surface area (Å²) in [6.07, 6.45) is 1.54. The van der Waals surface area contributed by atoms with Gasteiger partial charge in [-0.05, 0) is 43.8 Å². The summed E-state index contributed by atoms with van der Waals surface area (Å²) >= 11 is 18.0. The fourth-order valence-electron chi connectivity index (χ4n) is 3.55. The number of nitrogens with zero attached hydrogens (tertiary/aromatic N) is 4. The number of para-hydroxylation sites is 1. The molecule has 4 rings (SSSR count). The van der Waals surface area contributed by atoms with Crippen molar-refractivity contribution in [2.75, 3.05) is 11.4 Å². The first-order chi connectivity index (χ1) is 14.4. The average Bonchev–Trinajstić information content (AvgIpc) is 3.29. The van der Waals surface area contributed by atoms with E-state index >= 15 is 0 Å². The van der Waals surface area contributed by atoms with Crippen molar-refractivity contribution >= 4 is 52.8 Å². The molecule has 1 aliphatic heterocycles. The van der Waals surface area contributed by atoms with Crippen molar-refractivity contribution in [3.63, 3.8) is 0 Å². The summed E-state index contributed by atoms with van der Waals surface area (Å²) in [5.41, 5.74) is 2.66. The molecule has 1 N–H and O–H groups in total. The molecule has 0 bridgehead atoms. The number of carbonyl (C=O) groups excluding carboxylic acids is 1. The SMILES string of the molecule is Cc1cccc(-c2n[nH]c(=S)n2CC(=O)N=C2CCCN2c2c(Cl)cccc2Cl)c1. The number of aromatic nitrogens is 3. The smallest absolute Gasteiger partial charge is 0.267 e. The molecule has 1 amide bonds. The summed E-state index contributed by atoms with van der Waals surface area (Å²) in [7, 11) is 0. The number of anilines is 1. The zero-order valence-electron chi connectivity index (χ0n) is 16.2. The van der Waals surface area contributed by atoms with Crippen LogP contribution in [0.1, 0.15) is 18.4 Å². The molecule has 0 saturated carbocycles. The van der Waals surface area contributed by atoms with E-state index in [0.29, 0.717) is 45.1 Å². The average molecular weight is 460 g/mol. The minimum absolute atomic E-state index is 0.00774. The molecule has 2 heterocycles. The summed E-state index contributed by atoms with van der Waals surface area (Å²) in [5, 5.41) is 8.13. The number of rotatable bonds is 4. The highest BCUT2D eigenvalue weighted by molar-refractivity contribution is 7.71. The molecule has 3 aromatic rings. The third-order valence-electron chi connectivity index (χ3n) is 4.88. The molecule has 9 heteroatoms. The van der Waals surface area contributed by atoms with E-state index < -0.39 is 0 Å². The van der Waals surface area contributed by atoms with Crippen LogP contribution in [0.15, 0.2) is 47.5 Å². The highest BCUT2D eigenvalue weighted by atomic mass is 35.5. The van der Waals surface area contributed by atoms with Gasteiger partial charge in [-0.3, -0.25) is 14.5 Å². The lowest BCUT2D eigenvalue weighted by Gasteiger charge is -2.21. The number of halogens is 2. The van der Waals surface area contributed by atoms with E-state index in [0.717, 1.165) is 17.5 Å². The second kappa shape index (κ2) is 8.71. The van der Waals surface area contributed by atoms with Crippen LogP contribution in [0.5, 0.6) is 0 Å². The Hall–Kier alpha value is -2.48. The van der Waals surface area contributed by atoms with Crippen molar-refractivity contribution in [2.24, 2.45) is 4.99 Å². The highest BCUT2D eigenvalue weighted by Gasteiger charge is 2.25. The molecule has 154 valence electrons. The maximum atomic E-state index is 12.8. The van der Waals surface area contributed by atoms with Crippen molar-refractivity contribution in [1.82, 2.24) is 14.8 Å². The lowest BCUT2D eigenvalue weighted by molar-refractivity contribution is -0.118.